The highest BCUT2D eigenvalue weighted by molar-refractivity contribution is 5.24. The predicted molar refractivity (Wildman–Crippen MR) is 54.8 cm³/mol. The van der Waals surface area contributed by atoms with Gasteiger partial charge in [-0.15, -0.1) is 0 Å². The molecule has 0 saturated carbocycles. The molecule has 0 spiro atoms. The zero-order chi connectivity index (χ0) is 9.52. The molecule has 0 heterocycles. The van der Waals surface area contributed by atoms with Gasteiger partial charge in [-0.2, -0.15) is 0 Å². The third-order valence-corrected chi connectivity index (χ3v) is 2.02. The van der Waals surface area contributed by atoms with E-state index in [1.165, 1.54) is 11.1 Å². The van der Waals surface area contributed by atoms with Crippen LogP contribution < -0.4 is 5.32 Å². The van der Waals surface area contributed by atoms with Gasteiger partial charge in [-0.25, -0.2) is 0 Å². The first-order valence-corrected chi connectivity index (χ1v) is 4.61. The quantitative estimate of drug-likeness (QED) is 0.695. The van der Waals surface area contributed by atoms with E-state index in [-0.39, 0.29) is 0 Å². The fraction of sp³-hybridized carbons (Fsp3) is 0.455. The third-order valence-electron chi connectivity index (χ3n) is 2.02. The summed E-state index contributed by atoms with van der Waals surface area (Å²) in [6.07, 6.45) is 0. The van der Waals surface area contributed by atoms with E-state index in [1.807, 2.05) is 19.2 Å². The van der Waals surface area contributed by atoms with Gasteiger partial charge < -0.3 is 10.1 Å². The Morgan fingerprint density at radius 3 is 2.77 bits per heavy atom. The van der Waals surface area contributed by atoms with Gasteiger partial charge in [0, 0.05) is 6.54 Å². The fourth-order valence-corrected chi connectivity index (χ4v) is 1.13. The number of hydrogen-bond acceptors (Lipinski definition) is 2. The van der Waals surface area contributed by atoms with Crippen molar-refractivity contribution in [2.45, 2.75) is 13.5 Å². The Morgan fingerprint density at radius 2 is 2.08 bits per heavy atom. The molecule has 0 aliphatic carbocycles. The summed E-state index contributed by atoms with van der Waals surface area (Å²) in [5.41, 5.74) is 2.57. The first kappa shape index (κ1) is 10.2. The van der Waals surface area contributed by atoms with E-state index in [1.54, 1.807) is 0 Å². The van der Waals surface area contributed by atoms with Crippen LogP contribution in [0.5, 0.6) is 0 Å². The Bertz CT molecular complexity index is 248. The summed E-state index contributed by atoms with van der Waals surface area (Å²) in [7, 11) is 1.93. The number of rotatable bonds is 5. The summed E-state index contributed by atoms with van der Waals surface area (Å²) >= 11 is 0. The van der Waals surface area contributed by atoms with Crippen molar-refractivity contribution in [3.8, 4) is 0 Å². The number of ether oxygens (including phenoxy) is 1. The van der Waals surface area contributed by atoms with Gasteiger partial charge in [-0.05, 0) is 25.1 Å². The second kappa shape index (κ2) is 5.73. The van der Waals surface area contributed by atoms with Gasteiger partial charge in [0.05, 0.1) is 13.2 Å². The Kier molecular flexibility index (Phi) is 4.50. The van der Waals surface area contributed by atoms with Crippen LogP contribution in [0.1, 0.15) is 11.1 Å². The van der Waals surface area contributed by atoms with Crippen LogP contribution in [0.3, 0.4) is 0 Å². The van der Waals surface area contributed by atoms with Crippen LogP contribution in [0.4, 0.5) is 0 Å². The third kappa shape index (κ3) is 3.57. The van der Waals surface area contributed by atoms with Crippen molar-refractivity contribution in [3.63, 3.8) is 0 Å². The zero-order valence-electron chi connectivity index (χ0n) is 8.34. The van der Waals surface area contributed by atoms with Gasteiger partial charge in [0.25, 0.3) is 0 Å². The van der Waals surface area contributed by atoms with E-state index in [0.29, 0.717) is 6.61 Å². The molecule has 0 radical (unpaired) electrons. The average Bonchev–Trinajstić information content (AvgIpc) is 2.15. The molecule has 13 heavy (non-hydrogen) atoms. The van der Waals surface area contributed by atoms with E-state index in [9.17, 15) is 0 Å². The Balaban J connectivity index is 2.32. The molecule has 0 atom stereocenters. The normalized spacial score (nSPS) is 10.3. The maximum atomic E-state index is 5.48. The van der Waals surface area contributed by atoms with Crippen molar-refractivity contribution < 1.29 is 4.74 Å². The highest BCUT2D eigenvalue weighted by Crippen LogP contribution is 2.07. The second-order valence-electron chi connectivity index (χ2n) is 3.08. The van der Waals surface area contributed by atoms with Gasteiger partial charge in [-0.3, -0.25) is 0 Å². The minimum Gasteiger partial charge on any atom is -0.375 e. The van der Waals surface area contributed by atoms with E-state index in [4.69, 9.17) is 4.74 Å². The predicted octanol–water partition coefficient (Wildman–Crippen LogP) is 1.73. The molecule has 0 unspecified atom stereocenters. The molecule has 0 aromatic heterocycles. The van der Waals surface area contributed by atoms with Crippen molar-refractivity contribution in [1.82, 2.24) is 5.32 Å². The molecule has 2 nitrogen and oxygen atoms in total. The summed E-state index contributed by atoms with van der Waals surface area (Å²) < 4.78 is 5.48. The van der Waals surface area contributed by atoms with Gasteiger partial charge in [0.15, 0.2) is 0 Å². The van der Waals surface area contributed by atoms with E-state index in [2.05, 4.69) is 24.4 Å². The van der Waals surface area contributed by atoms with Crippen LogP contribution in [0.15, 0.2) is 24.3 Å². The number of hydrogen-bond donors (Lipinski definition) is 1. The fourth-order valence-electron chi connectivity index (χ4n) is 1.13. The molecule has 0 saturated heterocycles. The van der Waals surface area contributed by atoms with E-state index < -0.39 is 0 Å². The van der Waals surface area contributed by atoms with Gasteiger partial charge in [-0.1, -0.05) is 24.3 Å². The van der Waals surface area contributed by atoms with Crippen LogP contribution in [-0.4, -0.2) is 20.2 Å². The summed E-state index contributed by atoms with van der Waals surface area (Å²) in [5, 5.41) is 3.04. The summed E-state index contributed by atoms with van der Waals surface area (Å²) in [6, 6.07) is 8.31. The van der Waals surface area contributed by atoms with Crippen LogP contribution in [0, 0.1) is 6.92 Å². The van der Waals surface area contributed by atoms with Crippen LogP contribution in [0.2, 0.25) is 0 Å². The lowest BCUT2D eigenvalue weighted by Gasteiger charge is -2.06. The number of aryl methyl sites for hydroxylation is 1. The van der Waals surface area contributed by atoms with Crippen LogP contribution in [-0.2, 0) is 11.3 Å². The molecule has 0 bridgehead atoms. The van der Waals surface area contributed by atoms with Crippen LogP contribution >= 0.6 is 0 Å². The van der Waals surface area contributed by atoms with Crippen molar-refractivity contribution in [1.29, 1.82) is 0 Å². The molecule has 0 fully saturated rings. The summed E-state index contributed by atoms with van der Waals surface area (Å²) in [5.74, 6) is 0. The molecule has 1 aromatic rings. The van der Waals surface area contributed by atoms with Crippen molar-refractivity contribution in [2.24, 2.45) is 0 Å². The van der Waals surface area contributed by atoms with Gasteiger partial charge >= 0.3 is 0 Å². The highest BCUT2D eigenvalue weighted by Gasteiger charge is 1.95. The molecule has 0 amide bonds. The molecular formula is C11H17NO. The molecule has 0 aliphatic rings. The van der Waals surface area contributed by atoms with Crippen LogP contribution in [0.25, 0.3) is 0 Å². The summed E-state index contributed by atoms with van der Waals surface area (Å²) in [6.45, 7) is 4.50. The number of likely N-dealkylation sites (N-methyl/N-ethyl adjacent to an activating group) is 1. The zero-order valence-corrected chi connectivity index (χ0v) is 8.34. The molecule has 0 aliphatic heterocycles. The highest BCUT2D eigenvalue weighted by atomic mass is 16.5. The number of nitrogens with one attached hydrogen (secondary N) is 1. The molecule has 72 valence electrons. The lowest BCUT2D eigenvalue weighted by Crippen LogP contribution is -2.14. The van der Waals surface area contributed by atoms with Gasteiger partial charge in [0.1, 0.15) is 0 Å². The molecule has 1 aromatic carbocycles. The number of benzene rings is 1. The monoisotopic (exact) mass is 179 g/mol. The average molecular weight is 179 g/mol. The maximum Gasteiger partial charge on any atom is 0.0720 e. The van der Waals surface area contributed by atoms with Crippen molar-refractivity contribution in [3.05, 3.63) is 35.4 Å². The molecule has 1 N–H and O–H groups in total. The molecular weight excluding hydrogens is 162 g/mol. The SMILES string of the molecule is CNCCOCc1ccccc1C. The standard InChI is InChI=1S/C11H17NO/c1-10-5-3-4-6-11(10)9-13-8-7-12-2/h3-6,12H,7-9H2,1-2H3. The van der Waals surface area contributed by atoms with Crippen molar-refractivity contribution in [2.75, 3.05) is 20.2 Å². The molecule has 1 rings (SSSR count). The van der Waals surface area contributed by atoms with Crippen molar-refractivity contribution >= 4 is 0 Å². The van der Waals surface area contributed by atoms with E-state index in [0.717, 1.165) is 13.2 Å². The first-order valence-electron chi connectivity index (χ1n) is 4.61. The first-order chi connectivity index (χ1) is 6.34. The summed E-state index contributed by atoms with van der Waals surface area (Å²) in [4.78, 5) is 0. The van der Waals surface area contributed by atoms with Gasteiger partial charge in [0.2, 0.25) is 0 Å². The maximum absolute atomic E-state index is 5.48. The lowest BCUT2D eigenvalue weighted by atomic mass is 10.1. The second-order valence-corrected chi connectivity index (χ2v) is 3.08. The smallest absolute Gasteiger partial charge is 0.0720 e. The Labute approximate surface area is 79.9 Å². The van der Waals surface area contributed by atoms with E-state index >= 15 is 0 Å². The largest absolute Gasteiger partial charge is 0.375 e. The minimum absolute atomic E-state index is 0.717. The Morgan fingerprint density at radius 1 is 1.31 bits per heavy atom. The molecule has 2 heteroatoms. The Hall–Kier alpha value is -0.860. The minimum atomic E-state index is 0.717. The lowest BCUT2D eigenvalue weighted by molar-refractivity contribution is 0.123. The topological polar surface area (TPSA) is 21.3 Å².